The number of nitrogens with zero attached hydrogens (tertiary/aromatic N) is 1. The van der Waals surface area contributed by atoms with Gasteiger partial charge in [-0.3, -0.25) is 9.59 Å². The van der Waals surface area contributed by atoms with Crippen LogP contribution in [0.25, 0.3) is 0 Å². The topological polar surface area (TPSA) is 83.9 Å². The van der Waals surface area contributed by atoms with E-state index in [0.29, 0.717) is 24.2 Å². The summed E-state index contributed by atoms with van der Waals surface area (Å²) in [6.45, 7) is 1.78. The number of carbonyl (C=O) groups is 3. The Kier molecular flexibility index (Phi) is 3.83. The lowest BCUT2D eigenvalue weighted by atomic mass is 9.84. The number of hydrogen-bond donors (Lipinski definition) is 1. The lowest BCUT2D eigenvalue weighted by Gasteiger charge is -2.37. The predicted molar refractivity (Wildman–Crippen MR) is 81.4 cm³/mol. The molecule has 2 heterocycles. The van der Waals surface area contributed by atoms with Crippen LogP contribution in [0, 0.1) is 0 Å². The molecule has 0 bridgehead atoms. The molecule has 1 N–H and O–H groups in total. The predicted octanol–water partition coefficient (Wildman–Crippen LogP) is 1.88. The minimum Gasteiger partial charge on any atom is -0.486 e. The van der Waals surface area contributed by atoms with Crippen LogP contribution in [0.4, 0.5) is 0 Å². The molecular weight excluding hydrogens is 298 g/mol. The van der Waals surface area contributed by atoms with E-state index in [-0.39, 0.29) is 31.1 Å². The quantitative estimate of drug-likeness (QED) is 0.900. The number of benzene rings is 1. The van der Waals surface area contributed by atoms with Gasteiger partial charge in [0.05, 0.1) is 12.0 Å². The van der Waals surface area contributed by atoms with E-state index in [4.69, 9.17) is 9.84 Å². The summed E-state index contributed by atoms with van der Waals surface area (Å²) in [6.07, 6.45) is 1.30. The Morgan fingerprint density at radius 3 is 2.78 bits per heavy atom. The van der Waals surface area contributed by atoms with Gasteiger partial charge < -0.3 is 14.7 Å². The van der Waals surface area contributed by atoms with Crippen LogP contribution in [0.2, 0.25) is 0 Å². The molecular formula is C17H19NO5. The normalized spacial score (nSPS) is 25.5. The summed E-state index contributed by atoms with van der Waals surface area (Å²) in [5.41, 5.74) is -0.141. The van der Waals surface area contributed by atoms with Gasteiger partial charge in [0.2, 0.25) is 5.91 Å². The molecule has 0 unspecified atom stereocenters. The highest BCUT2D eigenvalue weighted by molar-refractivity contribution is 6.00. The summed E-state index contributed by atoms with van der Waals surface area (Å²) in [5, 5.41) is 9.14. The molecule has 2 atom stereocenters. The largest absolute Gasteiger partial charge is 0.486 e. The van der Waals surface area contributed by atoms with E-state index >= 15 is 0 Å². The highest BCUT2D eigenvalue weighted by atomic mass is 16.5. The summed E-state index contributed by atoms with van der Waals surface area (Å²) in [6, 6.07) is 6.24. The molecule has 6 nitrogen and oxygen atoms in total. The van der Waals surface area contributed by atoms with Crippen molar-refractivity contribution in [2.75, 3.05) is 6.54 Å². The Labute approximate surface area is 134 Å². The Bertz CT molecular complexity index is 671. The van der Waals surface area contributed by atoms with Crippen molar-refractivity contribution in [1.82, 2.24) is 4.90 Å². The molecule has 1 spiro atoms. The number of ketones is 1. The second-order valence-corrected chi connectivity index (χ2v) is 6.23. The van der Waals surface area contributed by atoms with Crippen molar-refractivity contribution in [1.29, 1.82) is 0 Å². The van der Waals surface area contributed by atoms with Crippen molar-refractivity contribution in [3.8, 4) is 5.75 Å². The van der Waals surface area contributed by atoms with E-state index in [0.717, 1.165) is 0 Å². The van der Waals surface area contributed by atoms with Gasteiger partial charge in [-0.25, -0.2) is 4.79 Å². The molecule has 23 heavy (non-hydrogen) atoms. The molecule has 2 aliphatic heterocycles. The molecule has 3 rings (SSSR count). The number of ether oxygens (including phenoxy) is 1. The Balaban J connectivity index is 1.84. The van der Waals surface area contributed by atoms with Crippen LogP contribution in [0.3, 0.4) is 0 Å². The number of Topliss-reactive ketones (excluding diaryl/α,β-unsaturated/α-hetero) is 1. The third-order valence-corrected chi connectivity index (χ3v) is 4.74. The molecule has 122 valence electrons. The van der Waals surface area contributed by atoms with Crippen molar-refractivity contribution < 1.29 is 24.2 Å². The monoisotopic (exact) mass is 317 g/mol. The smallest absolute Gasteiger partial charge is 0.326 e. The van der Waals surface area contributed by atoms with Crippen LogP contribution in [-0.2, 0) is 9.59 Å². The average Bonchev–Trinajstić information content (AvgIpc) is 2.67. The van der Waals surface area contributed by atoms with Gasteiger partial charge in [0.15, 0.2) is 5.78 Å². The van der Waals surface area contributed by atoms with Crippen LogP contribution in [0.1, 0.15) is 43.0 Å². The average molecular weight is 317 g/mol. The Morgan fingerprint density at radius 2 is 2.04 bits per heavy atom. The van der Waals surface area contributed by atoms with E-state index in [1.807, 2.05) is 6.07 Å². The van der Waals surface area contributed by atoms with Gasteiger partial charge in [-0.1, -0.05) is 12.1 Å². The van der Waals surface area contributed by atoms with Crippen LogP contribution in [0.5, 0.6) is 5.75 Å². The summed E-state index contributed by atoms with van der Waals surface area (Å²) in [5.74, 6) is -0.665. The van der Waals surface area contributed by atoms with E-state index in [9.17, 15) is 14.4 Å². The number of likely N-dealkylation sites (tertiary alicyclic amines) is 1. The summed E-state index contributed by atoms with van der Waals surface area (Å²) in [4.78, 5) is 37.2. The number of carbonyl (C=O) groups excluding carboxylic acids is 2. The summed E-state index contributed by atoms with van der Waals surface area (Å²) < 4.78 is 6.10. The standard InChI is InChI=1S/C17H19NO5/c1-11(16(21)22)18-9-8-17(7-6-15(18)20)10-13(19)12-4-2-3-5-14(12)23-17/h2-5,11H,6-10H2,1H3,(H,21,22)/t11-,17+/m1/s1. The van der Waals surface area contributed by atoms with Crippen molar-refractivity contribution >= 4 is 17.7 Å². The van der Waals surface area contributed by atoms with Crippen LogP contribution >= 0.6 is 0 Å². The number of carboxylic acid groups (broad SMARTS) is 1. The zero-order valence-corrected chi connectivity index (χ0v) is 12.9. The minimum absolute atomic E-state index is 0.0130. The number of amides is 1. The van der Waals surface area contributed by atoms with Gasteiger partial charge in [0.1, 0.15) is 17.4 Å². The van der Waals surface area contributed by atoms with Crippen LogP contribution < -0.4 is 4.74 Å². The molecule has 1 aromatic carbocycles. The number of aliphatic carboxylic acids is 1. The lowest BCUT2D eigenvalue weighted by molar-refractivity contribution is -0.149. The number of hydrogen-bond acceptors (Lipinski definition) is 4. The van der Waals surface area contributed by atoms with E-state index in [1.54, 1.807) is 18.2 Å². The van der Waals surface area contributed by atoms with Crippen LogP contribution in [-0.4, -0.2) is 45.9 Å². The minimum atomic E-state index is -1.03. The molecule has 1 amide bonds. The molecule has 0 aromatic heterocycles. The molecule has 0 aliphatic carbocycles. The molecule has 2 aliphatic rings. The van der Waals surface area contributed by atoms with Gasteiger partial charge in [-0.15, -0.1) is 0 Å². The highest BCUT2D eigenvalue weighted by Gasteiger charge is 2.44. The molecule has 0 saturated carbocycles. The van der Waals surface area contributed by atoms with Gasteiger partial charge in [-0.05, 0) is 25.5 Å². The van der Waals surface area contributed by atoms with Crippen molar-refractivity contribution in [3.05, 3.63) is 29.8 Å². The maximum atomic E-state index is 12.4. The number of rotatable bonds is 2. The van der Waals surface area contributed by atoms with Crippen molar-refractivity contribution in [3.63, 3.8) is 0 Å². The fourth-order valence-electron chi connectivity index (χ4n) is 3.32. The highest BCUT2D eigenvalue weighted by Crippen LogP contribution is 2.39. The maximum absolute atomic E-state index is 12.4. The van der Waals surface area contributed by atoms with E-state index in [1.165, 1.54) is 11.8 Å². The first kappa shape index (κ1) is 15.5. The Morgan fingerprint density at radius 1 is 1.30 bits per heavy atom. The van der Waals surface area contributed by atoms with Crippen molar-refractivity contribution in [2.24, 2.45) is 0 Å². The van der Waals surface area contributed by atoms with Crippen LogP contribution in [0.15, 0.2) is 24.3 Å². The SMILES string of the molecule is C[C@H](C(=O)O)N1CC[C@@]2(CCC1=O)CC(=O)c1ccccc1O2. The first-order valence-corrected chi connectivity index (χ1v) is 7.75. The van der Waals surface area contributed by atoms with E-state index in [2.05, 4.69) is 0 Å². The first-order valence-electron chi connectivity index (χ1n) is 7.75. The third kappa shape index (κ3) is 2.81. The van der Waals surface area contributed by atoms with Gasteiger partial charge in [0, 0.05) is 19.4 Å². The molecule has 0 radical (unpaired) electrons. The fraction of sp³-hybridized carbons (Fsp3) is 0.471. The lowest BCUT2D eigenvalue weighted by Crippen LogP contribution is -2.45. The first-order chi connectivity index (χ1) is 10.9. The second-order valence-electron chi connectivity index (χ2n) is 6.23. The number of fused-ring (bicyclic) bond motifs is 1. The third-order valence-electron chi connectivity index (χ3n) is 4.74. The summed E-state index contributed by atoms with van der Waals surface area (Å²) >= 11 is 0. The zero-order chi connectivity index (χ0) is 16.6. The number of para-hydroxylation sites is 1. The number of carboxylic acids is 1. The Hall–Kier alpha value is -2.37. The molecule has 1 saturated heterocycles. The fourth-order valence-corrected chi connectivity index (χ4v) is 3.32. The van der Waals surface area contributed by atoms with E-state index < -0.39 is 17.6 Å². The second kappa shape index (κ2) is 5.68. The maximum Gasteiger partial charge on any atom is 0.326 e. The molecule has 6 heteroatoms. The van der Waals surface area contributed by atoms with Crippen molar-refractivity contribution in [2.45, 2.75) is 44.2 Å². The molecule has 1 fully saturated rings. The van der Waals surface area contributed by atoms with Gasteiger partial charge >= 0.3 is 5.97 Å². The summed E-state index contributed by atoms with van der Waals surface area (Å²) in [7, 11) is 0. The van der Waals surface area contributed by atoms with Gasteiger partial charge in [-0.2, -0.15) is 0 Å². The zero-order valence-electron chi connectivity index (χ0n) is 12.9. The molecule has 1 aromatic rings. The van der Waals surface area contributed by atoms with Gasteiger partial charge in [0.25, 0.3) is 0 Å².